The van der Waals surface area contributed by atoms with Crippen molar-refractivity contribution in [1.29, 1.82) is 0 Å². The molecular weight excluding hydrogens is 412 g/mol. The molecule has 1 rings (SSSR count). The molecule has 0 aromatic carbocycles. The lowest BCUT2D eigenvalue weighted by molar-refractivity contribution is -0.146. The van der Waals surface area contributed by atoms with Crippen molar-refractivity contribution >= 4 is 29.7 Å². The van der Waals surface area contributed by atoms with Crippen molar-refractivity contribution in [2.75, 3.05) is 6.54 Å². The van der Waals surface area contributed by atoms with E-state index in [0.717, 1.165) is 0 Å². The monoisotopic (exact) mass is 444 g/mol. The van der Waals surface area contributed by atoms with Crippen LogP contribution in [0.5, 0.6) is 0 Å². The zero-order chi connectivity index (χ0) is 23.9. The lowest BCUT2D eigenvalue weighted by Gasteiger charge is -2.29. The largest absolute Gasteiger partial charge is 0.481 e. The van der Waals surface area contributed by atoms with Gasteiger partial charge in [0.2, 0.25) is 17.7 Å². The Kier molecular flexibility index (Phi) is 9.85. The van der Waals surface area contributed by atoms with Crippen LogP contribution in [0.2, 0.25) is 0 Å². The number of likely N-dealkylation sites (tertiary alicyclic amines) is 1. The Morgan fingerprint density at radius 2 is 1.74 bits per heavy atom. The van der Waals surface area contributed by atoms with E-state index in [4.69, 9.17) is 10.8 Å². The summed E-state index contributed by atoms with van der Waals surface area (Å²) >= 11 is 0. The van der Waals surface area contributed by atoms with Gasteiger partial charge in [-0.15, -0.1) is 0 Å². The van der Waals surface area contributed by atoms with E-state index in [1.165, 1.54) is 11.8 Å². The summed E-state index contributed by atoms with van der Waals surface area (Å²) in [5.41, 5.74) is 5.67. The normalized spacial score (nSPS) is 20.8. The van der Waals surface area contributed by atoms with Crippen LogP contribution in [0.3, 0.4) is 0 Å². The van der Waals surface area contributed by atoms with Gasteiger partial charge in [0.25, 0.3) is 0 Å². The third-order valence-electron chi connectivity index (χ3n) is 5.43. The molecule has 0 aliphatic carbocycles. The maximum Gasteiger partial charge on any atom is 0.326 e. The third kappa shape index (κ3) is 7.17. The van der Waals surface area contributed by atoms with Crippen molar-refractivity contribution in [3.63, 3.8) is 0 Å². The van der Waals surface area contributed by atoms with Gasteiger partial charge in [0, 0.05) is 6.54 Å². The SMILES string of the molecule is CCC(C)C(NC(=O)C(CC(=O)O)NC(=O)C1CCCN1C(=O)C(N)C(C)O)C(=O)O. The van der Waals surface area contributed by atoms with Crippen LogP contribution in [-0.4, -0.2) is 86.7 Å². The molecule has 6 atom stereocenters. The Morgan fingerprint density at radius 1 is 1.13 bits per heavy atom. The van der Waals surface area contributed by atoms with E-state index < -0.39 is 72.3 Å². The first-order valence-corrected chi connectivity index (χ1v) is 10.2. The highest BCUT2D eigenvalue weighted by Gasteiger charge is 2.39. The second-order valence-corrected chi connectivity index (χ2v) is 7.83. The van der Waals surface area contributed by atoms with Crippen molar-refractivity contribution in [1.82, 2.24) is 15.5 Å². The van der Waals surface area contributed by atoms with Crippen LogP contribution >= 0.6 is 0 Å². The van der Waals surface area contributed by atoms with Crippen LogP contribution in [0.15, 0.2) is 0 Å². The summed E-state index contributed by atoms with van der Waals surface area (Å²) < 4.78 is 0. The number of amides is 3. The number of nitrogens with zero attached hydrogens (tertiary/aromatic N) is 1. The molecule has 0 aromatic heterocycles. The van der Waals surface area contributed by atoms with Crippen molar-refractivity contribution in [2.45, 2.75) is 76.7 Å². The second-order valence-electron chi connectivity index (χ2n) is 7.83. The maximum absolute atomic E-state index is 12.8. The Balaban J connectivity index is 2.96. The molecular formula is C19H32N4O8. The van der Waals surface area contributed by atoms with Crippen molar-refractivity contribution in [3.05, 3.63) is 0 Å². The lowest BCUT2D eigenvalue weighted by Crippen LogP contribution is -2.58. The predicted octanol–water partition coefficient (Wildman–Crippen LogP) is -1.74. The Bertz CT molecular complexity index is 698. The predicted molar refractivity (Wildman–Crippen MR) is 108 cm³/mol. The minimum atomic E-state index is -1.53. The standard InChI is InChI=1S/C19H32N4O8/c1-4-9(2)15(19(30)31)22-16(27)11(8-13(25)26)21-17(28)12-6-5-7-23(12)18(29)14(20)10(3)24/h9-12,14-15,24H,4-8,20H2,1-3H3,(H,21,28)(H,22,27)(H,25,26)(H,30,31). The van der Waals surface area contributed by atoms with Crippen molar-refractivity contribution < 1.29 is 39.3 Å². The van der Waals surface area contributed by atoms with Gasteiger partial charge in [-0.25, -0.2) is 4.79 Å². The summed E-state index contributed by atoms with van der Waals surface area (Å²) in [5.74, 6) is -5.39. The highest BCUT2D eigenvalue weighted by molar-refractivity contribution is 5.96. The first kappa shape index (κ1) is 26.3. The summed E-state index contributed by atoms with van der Waals surface area (Å²) in [6.07, 6.45) is -0.679. The first-order chi connectivity index (χ1) is 14.4. The Morgan fingerprint density at radius 3 is 2.23 bits per heavy atom. The summed E-state index contributed by atoms with van der Waals surface area (Å²) in [5, 5.41) is 32.6. The van der Waals surface area contributed by atoms with E-state index in [1.54, 1.807) is 13.8 Å². The molecule has 1 aliphatic rings. The summed E-state index contributed by atoms with van der Waals surface area (Å²) in [7, 11) is 0. The minimum absolute atomic E-state index is 0.224. The molecule has 6 unspecified atom stereocenters. The molecule has 31 heavy (non-hydrogen) atoms. The summed E-state index contributed by atoms with van der Waals surface area (Å²) in [6, 6.07) is -4.98. The van der Waals surface area contributed by atoms with E-state index in [1.807, 2.05) is 0 Å². The van der Waals surface area contributed by atoms with Gasteiger partial charge in [-0.3, -0.25) is 19.2 Å². The Labute approximate surface area is 180 Å². The quantitative estimate of drug-likeness (QED) is 0.214. The molecule has 12 heteroatoms. The first-order valence-electron chi connectivity index (χ1n) is 10.2. The molecule has 176 valence electrons. The zero-order valence-corrected chi connectivity index (χ0v) is 17.9. The molecule has 1 aliphatic heterocycles. The van der Waals surface area contributed by atoms with Crippen LogP contribution in [0.4, 0.5) is 0 Å². The average molecular weight is 444 g/mol. The van der Waals surface area contributed by atoms with E-state index >= 15 is 0 Å². The number of aliphatic carboxylic acids is 2. The number of carboxylic acid groups (broad SMARTS) is 2. The third-order valence-corrected chi connectivity index (χ3v) is 5.43. The van der Waals surface area contributed by atoms with E-state index in [2.05, 4.69) is 10.6 Å². The van der Waals surface area contributed by atoms with Gasteiger partial charge in [0.15, 0.2) is 0 Å². The fourth-order valence-corrected chi connectivity index (χ4v) is 3.29. The van der Waals surface area contributed by atoms with Gasteiger partial charge in [-0.2, -0.15) is 0 Å². The molecule has 7 N–H and O–H groups in total. The van der Waals surface area contributed by atoms with E-state index in [0.29, 0.717) is 12.8 Å². The average Bonchev–Trinajstić information content (AvgIpc) is 3.18. The zero-order valence-electron chi connectivity index (χ0n) is 17.9. The van der Waals surface area contributed by atoms with Crippen molar-refractivity contribution in [2.24, 2.45) is 11.7 Å². The number of carbonyl (C=O) groups is 5. The van der Waals surface area contributed by atoms with Gasteiger partial charge in [-0.1, -0.05) is 20.3 Å². The van der Waals surface area contributed by atoms with Gasteiger partial charge >= 0.3 is 11.9 Å². The molecule has 12 nitrogen and oxygen atoms in total. The minimum Gasteiger partial charge on any atom is -0.481 e. The molecule has 0 radical (unpaired) electrons. The van der Waals surface area contributed by atoms with Crippen LogP contribution in [0.25, 0.3) is 0 Å². The molecule has 0 aromatic rings. The fourth-order valence-electron chi connectivity index (χ4n) is 3.29. The highest BCUT2D eigenvalue weighted by Crippen LogP contribution is 2.19. The van der Waals surface area contributed by atoms with Gasteiger partial charge in [0.05, 0.1) is 12.5 Å². The molecule has 0 bridgehead atoms. The molecule has 1 saturated heterocycles. The molecule has 1 fully saturated rings. The number of nitrogens with one attached hydrogen (secondary N) is 2. The summed E-state index contributed by atoms with van der Waals surface area (Å²) in [6.45, 7) is 4.93. The smallest absolute Gasteiger partial charge is 0.326 e. The van der Waals surface area contributed by atoms with Crippen LogP contribution < -0.4 is 16.4 Å². The number of aliphatic hydroxyl groups is 1. The van der Waals surface area contributed by atoms with Crippen molar-refractivity contribution in [3.8, 4) is 0 Å². The maximum atomic E-state index is 12.8. The number of carboxylic acids is 2. The number of aliphatic hydroxyl groups excluding tert-OH is 1. The van der Waals surface area contributed by atoms with Gasteiger partial charge in [-0.05, 0) is 25.7 Å². The van der Waals surface area contributed by atoms with Gasteiger partial charge < -0.3 is 36.6 Å². The topological polar surface area (TPSA) is 199 Å². The van der Waals surface area contributed by atoms with E-state index in [-0.39, 0.29) is 13.0 Å². The molecule has 0 spiro atoms. The number of hydrogen-bond donors (Lipinski definition) is 6. The highest BCUT2D eigenvalue weighted by atomic mass is 16.4. The van der Waals surface area contributed by atoms with Crippen LogP contribution in [-0.2, 0) is 24.0 Å². The number of carbonyl (C=O) groups excluding carboxylic acids is 3. The van der Waals surface area contributed by atoms with E-state index in [9.17, 15) is 34.2 Å². The molecule has 1 heterocycles. The number of hydrogen-bond acceptors (Lipinski definition) is 7. The number of nitrogens with two attached hydrogens (primary N) is 1. The van der Waals surface area contributed by atoms with Gasteiger partial charge in [0.1, 0.15) is 24.2 Å². The Hall–Kier alpha value is -2.73. The lowest BCUT2D eigenvalue weighted by atomic mass is 9.98. The second kappa shape index (κ2) is 11.6. The number of rotatable bonds is 11. The molecule has 0 saturated carbocycles. The summed E-state index contributed by atoms with van der Waals surface area (Å²) in [4.78, 5) is 61.7. The van der Waals surface area contributed by atoms with Crippen LogP contribution in [0, 0.1) is 5.92 Å². The molecule has 3 amide bonds. The fraction of sp³-hybridized carbons (Fsp3) is 0.737. The van der Waals surface area contributed by atoms with Crippen LogP contribution in [0.1, 0.15) is 46.5 Å².